The predicted octanol–water partition coefficient (Wildman–Crippen LogP) is 2.34. The fourth-order valence-electron chi connectivity index (χ4n) is 1.89. The summed E-state index contributed by atoms with van der Waals surface area (Å²) in [6.45, 7) is 0.513. The summed E-state index contributed by atoms with van der Waals surface area (Å²) in [5, 5.41) is 11.6. The van der Waals surface area contributed by atoms with E-state index in [2.05, 4.69) is 4.98 Å². The maximum atomic E-state index is 10.6. The second kappa shape index (κ2) is 6.49. The van der Waals surface area contributed by atoms with Crippen molar-refractivity contribution in [1.29, 1.82) is 0 Å². The number of likely N-dealkylation sites (N-methyl/N-ethyl adjacent to an activating group) is 1. The highest BCUT2D eigenvalue weighted by molar-refractivity contribution is 7.13. The molecule has 2 aromatic rings. The highest BCUT2D eigenvalue weighted by atomic mass is 32.1. The highest BCUT2D eigenvalue weighted by Gasteiger charge is 2.11. The number of rotatable bonds is 6. The third kappa shape index (κ3) is 3.55. The molecule has 0 saturated carbocycles. The summed E-state index contributed by atoms with van der Waals surface area (Å²) in [4.78, 5) is 16.9. The van der Waals surface area contributed by atoms with E-state index in [4.69, 9.17) is 9.84 Å². The number of carboxylic acids is 1. The molecule has 106 valence electrons. The van der Waals surface area contributed by atoms with E-state index in [1.165, 1.54) is 11.3 Å². The SMILES string of the molecule is COc1ccccc1-c1nc(CN(C)CC(=O)O)cs1. The lowest BCUT2D eigenvalue weighted by molar-refractivity contribution is -0.138. The minimum Gasteiger partial charge on any atom is -0.496 e. The summed E-state index contributed by atoms with van der Waals surface area (Å²) >= 11 is 1.53. The van der Waals surface area contributed by atoms with Gasteiger partial charge in [-0.25, -0.2) is 4.98 Å². The second-order valence-corrected chi connectivity index (χ2v) is 5.27. The number of ether oxygens (including phenoxy) is 1. The Bertz CT molecular complexity index is 598. The van der Waals surface area contributed by atoms with E-state index in [1.807, 2.05) is 29.6 Å². The molecule has 5 nitrogen and oxygen atoms in total. The largest absolute Gasteiger partial charge is 0.496 e. The van der Waals surface area contributed by atoms with Gasteiger partial charge in [-0.05, 0) is 19.2 Å². The van der Waals surface area contributed by atoms with Gasteiger partial charge in [-0.1, -0.05) is 12.1 Å². The van der Waals surface area contributed by atoms with E-state index in [0.717, 1.165) is 22.0 Å². The number of para-hydroxylation sites is 1. The van der Waals surface area contributed by atoms with Crippen LogP contribution in [0.3, 0.4) is 0 Å². The van der Waals surface area contributed by atoms with Gasteiger partial charge < -0.3 is 9.84 Å². The van der Waals surface area contributed by atoms with Crippen molar-refractivity contribution in [3.63, 3.8) is 0 Å². The van der Waals surface area contributed by atoms with Crippen molar-refractivity contribution >= 4 is 17.3 Å². The van der Waals surface area contributed by atoms with E-state index >= 15 is 0 Å². The second-order valence-electron chi connectivity index (χ2n) is 4.41. The lowest BCUT2D eigenvalue weighted by Gasteiger charge is -2.11. The van der Waals surface area contributed by atoms with Crippen LogP contribution in [0.15, 0.2) is 29.6 Å². The highest BCUT2D eigenvalue weighted by Crippen LogP contribution is 2.31. The van der Waals surface area contributed by atoms with Gasteiger partial charge in [0, 0.05) is 11.9 Å². The van der Waals surface area contributed by atoms with Crippen LogP contribution in [0, 0.1) is 0 Å². The summed E-state index contributed by atoms with van der Waals surface area (Å²) in [6, 6.07) is 7.71. The molecule has 0 atom stereocenters. The third-order valence-electron chi connectivity index (χ3n) is 2.73. The van der Waals surface area contributed by atoms with Crippen molar-refractivity contribution in [1.82, 2.24) is 9.88 Å². The standard InChI is InChI=1S/C14H16N2O3S/c1-16(8-13(17)18)7-10-9-20-14(15-10)11-5-3-4-6-12(11)19-2/h3-6,9H,7-8H2,1-2H3,(H,17,18). The van der Waals surface area contributed by atoms with Crippen LogP contribution in [0.2, 0.25) is 0 Å². The molecule has 1 N–H and O–H groups in total. The van der Waals surface area contributed by atoms with E-state index in [9.17, 15) is 4.79 Å². The first kappa shape index (κ1) is 14.5. The number of aliphatic carboxylic acids is 1. The Labute approximate surface area is 121 Å². The van der Waals surface area contributed by atoms with Crippen molar-refractivity contribution in [3.05, 3.63) is 35.3 Å². The number of aromatic nitrogens is 1. The molecule has 0 aliphatic rings. The molecule has 1 aromatic heterocycles. The monoisotopic (exact) mass is 292 g/mol. The molecule has 2 rings (SSSR count). The predicted molar refractivity (Wildman–Crippen MR) is 78.1 cm³/mol. The van der Waals surface area contributed by atoms with Gasteiger partial charge in [-0.3, -0.25) is 9.69 Å². The summed E-state index contributed by atoms with van der Waals surface area (Å²) in [6.07, 6.45) is 0. The zero-order chi connectivity index (χ0) is 14.5. The van der Waals surface area contributed by atoms with Crippen LogP contribution in [0.4, 0.5) is 0 Å². The van der Waals surface area contributed by atoms with Gasteiger partial charge in [0.25, 0.3) is 0 Å². The van der Waals surface area contributed by atoms with Gasteiger partial charge in [-0.15, -0.1) is 11.3 Å². The van der Waals surface area contributed by atoms with Gasteiger partial charge in [0.2, 0.25) is 0 Å². The first-order valence-corrected chi connectivity index (χ1v) is 6.96. The van der Waals surface area contributed by atoms with E-state index in [1.54, 1.807) is 19.1 Å². The quantitative estimate of drug-likeness (QED) is 0.885. The van der Waals surface area contributed by atoms with Gasteiger partial charge in [0.1, 0.15) is 10.8 Å². The van der Waals surface area contributed by atoms with Crippen molar-refractivity contribution in [2.24, 2.45) is 0 Å². The lowest BCUT2D eigenvalue weighted by atomic mass is 10.2. The fraction of sp³-hybridized carbons (Fsp3) is 0.286. The van der Waals surface area contributed by atoms with Crippen LogP contribution >= 0.6 is 11.3 Å². The molecule has 0 spiro atoms. The maximum absolute atomic E-state index is 10.6. The Kier molecular flexibility index (Phi) is 4.70. The summed E-state index contributed by atoms with van der Waals surface area (Å²) in [7, 11) is 3.39. The molecule has 0 fully saturated rings. The Morgan fingerprint density at radius 3 is 2.90 bits per heavy atom. The Hall–Kier alpha value is -1.92. The van der Waals surface area contributed by atoms with Crippen molar-refractivity contribution in [3.8, 4) is 16.3 Å². The van der Waals surface area contributed by atoms with Crippen LogP contribution in [-0.2, 0) is 11.3 Å². The fourth-order valence-corrected chi connectivity index (χ4v) is 2.73. The molecule has 1 heterocycles. The minimum atomic E-state index is -0.840. The summed E-state index contributed by atoms with van der Waals surface area (Å²) < 4.78 is 5.32. The normalized spacial score (nSPS) is 10.8. The number of nitrogens with zero attached hydrogens (tertiary/aromatic N) is 2. The van der Waals surface area contributed by atoms with Gasteiger partial charge in [0.05, 0.1) is 24.9 Å². The molecule has 0 aliphatic heterocycles. The zero-order valence-corrected chi connectivity index (χ0v) is 12.2. The number of benzene rings is 1. The van der Waals surface area contributed by atoms with Gasteiger partial charge >= 0.3 is 5.97 Å². The van der Waals surface area contributed by atoms with E-state index in [-0.39, 0.29) is 6.54 Å². The Morgan fingerprint density at radius 2 is 2.20 bits per heavy atom. The van der Waals surface area contributed by atoms with Crippen LogP contribution in [-0.4, -0.2) is 41.7 Å². The molecule has 0 amide bonds. The average Bonchev–Trinajstić information content (AvgIpc) is 2.85. The molecular weight excluding hydrogens is 276 g/mol. The van der Waals surface area contributed by atoms with Crippen LogP contribution in [0.1, 0.15) is 5.69 Å². The third-order valence-corrected chi connectivity index (χ3v) is 3.65. The van der Waals surface area contributed by atoms with Crippen molar-refractivity contribution in [2.45, 2.75) is 6.54 Å². The molecule has 0 aliphatic carbocycles. The van der Waals surface area contributed by atoms with Crippen molar-refractivity contribution in [2.75, 3.05) is 20.7 Å². The first-order chi connectivity index (χ1) is 9.60. The molecule has 1 aromatic carbocycles. The van der Waals surface area contributed by atoms with E-state index in [0.29, 0.717) is 6.54 Å². The number of hydrogen-bond donors (Lipinski definition) is 1. The summed E-state index contributed by atoms with van der Waals surface area (Å²) in [5.41, 5.74) is 1.81. The zero-order valence-electron chi connectivity index (χ0n) is 11.4. The average molecular weight is 292 g/mol. The van der Waals surface area contributed by atoms with Crippen LogP contribution < -0.4 is 4.74 Å². The summed E-state index contributed by atoms with van der Waals surface area (Å²) in [5.74, 6) is -0.0556. The van der Waals surface area contributed by atoms with Gasteiger partial charge in [-0.2, -0.15) is 0 Å². The molecular formula is C14H16N2O3S. The molecule has 0 unspecified atom stereocenters. The van der Waals surface area contributed by atoms with Crippen LogP contribution in [0.25, 0.3) is 10.6 Å². The minimum absolute atomic E-state index is 0.00151. The lowest BCUT2D eigenvalue weighted by Crippen LogP contribution is -2.25. The maximum Gasteiger partial charge on any atom is 0.317 e. The first-order valence-electron chi connectivity index (χ1n) is 6.08. The number of carbonyl (C=O) groups is 1. The molecule has 0 radical (unpaired) electrons. The topological polar surface area (TPSA) is 62.7 Å². The van der Waals surface area contributed by atoms with Crippen LogP contribution in [0.5, 0.6) is 5.75 Å². The molecule has 20 heavy (non-hydrogen) atoms. The molecule has 6 heteroatoms. The van der Waals surface area contributed by atoms with Crippen molar-refractivity contribution < 1.29 is 14.6 Å². The number of carboxylic acid groups (broad SMARTS) is 1. The number of hydrogen-bond acceptors (Lipinski definition) is 5. The Morgan fingerprint density at radius 1 is 1.45 bits per heavy atom. The van der Waals surface area contributed by atoms with E-state index < -0.39 is 5.97 Å². The number of methoxy groups -OCH3 is 1. The Balaban J connectivity index is 2.14. The molecule has 0 bridgehead atoms. The molecule has 0 saturated heterocycles. The number of thiazole rings is 1. The smallest absolute Gasteiger partial charge is 0.317 e. The van der Waals surface area contributed by atoms with Gasteiger partial charge in [0.15, 0.2) is 0 Å².